The third-order valence-electron chi connectivity index (χ3n) is 4.48. The van der Waals surface area contributed by atoms with E-state index >= 15 is 0 Å². The van der Waals surface area contributed by atoms with Crippen molar-refractivity contribution in [3.63, 3.8) is 0 Å². The molecule has 1 aliphatic carbocycles. The minimum Gasteiger partial charge on any atom is -0.444 e. The number of thioether (sulfide) groups is 1. The highest BCUT2D eigenvalue weighted by atomic mass is 32.2. The molecule has 0 aliphatic heterocycles. The fourth-order valence-corrected chi connectivity index (χ4v) is 3.41. The number of nitrogens with zero attached hydrogens (tertiary/aromatic N) is 2. The summed E-state index contributed by atoms with van der Waals surface area (Å²) in [5.41, 5.74) is 0.414. The second-order valence-electron chi connectivity index (χ2n) is 7.90. The monoisotopic (exact) mass is 393 g/mol. The Kier molecular flexibility index (Phi) is 6.81. The van der Waals surface area contributed by atoms with Crippen LogP contribution in [0.3, 0.4) is 0 Å². The number of nitrogens with one attached hydrogen (secondary N) is 1. The molecule has 0 fully saturated rings. The molecule has 1 amide bonds. The predicted molar refractivity (Wildman–Crippen MR) is 112 cm³/mol. The standard InChI is InChI=1S/C20H31N3O3S/c1-14(23(5)11-12-27-6)21-16-8-7-15-9-10-20(25,17(15)13-16)22-18(24)26-19(2,3)4/h7-8,13,25H,9-12H2,1-6H3,(H,22,24)/t20-/m1/s1. The maximum absolute atomic E-state index is 12.2. The average molecular weight is 394 g/mol. The highest BCUT2D eigenvalue weighted by Crippen LogP contribution is 2.37. The lowest BCUT2D eigenvalue weighted by molar-refractivity contribution is -0.0163. The van der Waals surface area contributed by atoms with E-state index in [2.05, 4.69) is 21.5 Å². The summed E-state index contributed by atoms with van der Waals surface area (Å²) >= 11 is 1.80. The highest BCUT2D eigenvalue weighted by Gasteiger charge is 2.39. The van der Waals surface area contributed by atoms with Gasteiger partial charge in [0.05, 0.1) is 5.69 Å². The van der Waals surface area contributed by atoms with E-state index in [4.69, 9.17) is 4.74 Å². The molecule has 0 saturated carbocycles. The zero-order valence-electron chi connectivity index (χ0n) is 17.1. The Hall–Kier alpha value is -1.73. The zero-order chi connectivity index (χ0) is 20.2. The van der Waals surface area contributed by atoms with Crippen LogP contribution >= 0.6 is 11.8 Å². The molecule has 2 rings (SSSR count). The number of carbonyl (C=O) groups excluding carboxylic acids is 1. The van der Waals surface area contributed by atoms with Gasteiger partial charge in [0.2, 0.25) is 0 Å². The molecule has 2 N–H and O–H groups in total. The maximum atomic E-state index is 12.2. The summed E-state index contributed by atoms with van der Waals surface area (Å²) < 4.78 is 5.30. The van der Waals surface area contributed by atoms with Crippen LogP contribution < -0.4 is 5.32 Å². The number of aliphatic imine (C=N–C) groups is 1. The Labute approximate surface area is 166 Å². The summed E-state index contributed by atoms with van der Waals surface area (Å²) in [6.07, 6.45) is 2.57. The number of fused-ring (bicyclic) bond motifs is 1. The number of aryl methyl sites for hydroxylation is 1. The van der Waals surface area contributed by atoms with Crippen LogP contribution in [0.2, 0.25) is 0 Å². The molecular weight excluding hydrogens is 362 g/mol. The topological polar surface area (TPSA) is 74.2 Å². The van der Waals surface area contributed by atoms with Crippen LogP contribution in [0.1, 0.15) is 45.2 Å². The molecule has 1 atom stereocenters. The van der Waals surface area contributed by atoms with E-state index in [9.17, 15) is 9.90 Å². The van der Waals surface area contributed by atoms with E-state index in [0.717, 1.165) is 29.4 Å². The van der Waals surface area contributed by atoms with Crippen LogP contribution in [-0.4, -0.2) is 53.1 Å². The molecule has 0 radical (unpaired) electrons. The fraction of sp³-hybridized carbons (Fsp3) is 0.600. The van der Waals surface area contributed by atoms with Crippen molar-refractivity contribution in [2.24, 2.45) is 4.99 Å². The van der Waals surface area contributed by atoms with Gasteiger partial charge in [0.1, 0.15) is 11.4 Å². The van der Waals surface area contributed by atoms with Gasteiger partial charge < -0.3 is 14.7 Å². The molecule has 1 aliphatic rings. The molecule has 150 valence electrons. The number of rotatable bonds is 5. The Morgan fingerprint density at radius 1 is 1.44 bits per heavy atom. The first-order valence-corrected chi connectivity index (χ1v) is 10.6. The molecule has 0 unspecified atom stereocenters. The molecule has 0 heterocycles. The molecule has 1 aromatic carbocycles. The van der Waals surface area contributed by atoms with Gasteiger partial charge in [-0.05, 0) is 58.1 Å². The summed E-state index contributed by atoms with van der Waals surface area (Å²) in [6.45, 7) is 8.28. The molecule has 0 spiro atoms. The van der Waals surface area contributed by atoms with Crippen molar-refractivity contribution in [3.8, 4) is 0 Å². The van der Waals surface area contributed by atoms with Gasteiger partial charge in [0.25, 0.3) is 0 Å². The first-order chi connectivity index (χ1) is 12.5. The van der Waals surface area contributed by atoms with Gasteiger partial charge in [-0.3, -0.25) is 5.32 Å². The van der Waals surface area contributed by atoms with Crippen molar-refractivity contribution in [2.45, 2.75) is 51.9 Å². The third-order valence-corrected chi connectivity index (χ3v) is 5.07. The van der Waals surface area contributed by atoms with Crippen LogP contribution in [0.15, 0.2) is 23.2 Å². The minimum absolute atomic E-state index is 0.418. The number of amidine groups is 1. The van der Waals surface area contributed by atoms with Gasteiger partial charge in [0.15, 0.2) is 5.72 Å². The van der Waals surface area contributed by atoms with Crippen LogP contribution in [0.4, 0.5) is 10.5 Å². The highest BCUT2D eigenvalue weighted by molar-refractivity contribution is 7.98. The van der Waals surface area contributed by atoms with Gasteiger partial charge in [-0.25, -0.2) is 9.79 Å². The number of carbonyl (C=O) groups is 1. The molecule has 1 aromatic rings. The first-order valence-electron chi connectivity index (χ1n) is 9.16. The summed E-state index contributed by atoms with van der Waals surface area (Å²) in [6, 6.07) is 5.77. The first kappa shape index (κ1) is 21.6. The van der Waals surface area contributed by atoms with Crippen LogP contribution in [0, 0.1) is 0 Å². The number of alkyl carbamates (subject to hydrolysis) is 1. The molecule has 6 nitrogen and oxygen atoms in total. The number of benzene rings is 1. The predicted octanol–water partition coefficient (Wildman–Crippen LogP) is 3.65. The molecular formula is C20H31N3O3S. The smallest absolute Gasteiger partial charge is 0.410 e. The second kappa shape index (κ2) is 8.52. The van der Waals surface area contributed by atoms with Gasteiger partial charge in [-0.15, -0.1) is 0 Å². The zero-order valence-corrected chi connectivity index (χ0v) is 17.9. The lowest BCUT2D eigenvalue weighted by Crippen LogP contribution is -2.46. The summed E-state index contributed by atoms with van der Waals surface area (Å²) in [5, 5.41) is 13.7. The minimum atomic E-state index is -1.43. The molecule has 0 aromatic heterocycles. The second-order valence-corrected chi connectivity index (χ2v) is 8.89. The summed E-state index contributed by atoms with van der Waals surface area (Å²) in [5.74, 6) is 1.94. The van der Waals surface area contributed by atoms with Crippen molar-refractivity contribution in [1.82, 2.24) is 10.2 Å². The number of amides is 1. The lowest BCUT2D eigenvalue weighted by Gasteiger charge is -2.28. The van der Waals surface area contributed by atoms with E-state index in [1.165, 1.54) is 0 Å². The quantitative estimate of drug-likeness (QED) is 0.454. The molecule has 0 bridgehead atoms. The van der Waals surface area contributed by atoms with Crippen LogP contribution in [0.25, 0.3) is 0 Å². The number of ether oxygens (including phenoxy) is 1. The van der Waals surface area contributed by atoms with Crippen LogP contribution in [0.5, 0.6) is 0 Å². The molecule has 0 saturated heterocycles. The SMILES string of the molecule is CSCCN(C)C(C)=Nc1ccc2c(c1)[C@@](O)(NC(=O)OC(C)(C)C)CC2. The maximum Gasteiger partial charge on any atom is 0.410 e. The van der Waals surface area contributed by atoms with E-state index in [1.54, 1.807) is 32.5 Å². The van der Waals surface area contributed by atoms with Crippen molar-refractivity contribution < 1.29 is 14.6 Å². The van der Waals surface area contributed by atoms with Gasteiger partial charge in [-0.1, -0.05) is 6.07 Å². The Morgan fingerprint density at radius 2 is 2.15 bits per heavy atom. The van der Waals surface area contributed by atoms with Gasteiger partial charge in [0, 0.05) is 31.3 Å². The van der Waals surface area contributed by atoms with Gasteiger partial charge >= 0.3 is 6.09 Å². The van der Waals surface area contributed by atoms with Crippen molar-refractivity contribution in [3.05, 3.63) is 29.3 Å². The summed E-state index contributed by atoms with van der Waals surface area (Å²) in [7, 11) is 2.02. The fourth-order valence-electron chi connectivity index (χ4n) is 2.95. The molecule has 7 heteroatoms. The Bertz CT molecular complexity index is 715. The van der Waals surface area contributed by atoms with E-state index in [0.29, 0.717) is 18.4 Å². The number of hydrogen-bond donors (Lipinski definition) is 2. The summed E-state index contributed by atoms with van der Waals surface area (Å²) in [4.78, 5) is 18.9. The van der Waals surface area contributed by atoms with Gasteiger partial charge in [-0.2, -0.15) is 11.8 Å². The van der Waals surface area contributed by atoms with Crippen molar-refractivity contribution in [1.29, 1.82) is 0 Å². The largest absolute Gasteiger partial charge is 0.444 e. The Balaban J connectivity index is 2.20. The normalized spacial score (nSPS) is 19.6. The van der Waals surface area contributed by atoms with E-state index in [-0.39, 0.29) is 0 Å². The van der Waals surface area contributed by atoms with Crippen molar-refractivity contribution >= 4 is 29.4 Å². The van der Waals surface area contributed by atoms with E-state index < -0.39 is 17.4 Å². The third kappa shape index (κ3) is 5.87. The number of aliphatic hydroxyl groups is 1. The number of hydrogen-bond acceptors (Lipinski definition) is 5. The average Bonchev–Trinajstić information content (AvgIpc) is 2.87. The van der Waals surface area contributed by atoms with Crippen molar-refractivity contribution in [2.75, 3.05) is 25.6 Å². The van der Waals surface area contributed by atoms with E-state index in [1.807, 2.05) is 32.2 Å². The molecule has 27 heavy (non-hydrogen) atoms. The van der Waals surface area contributed by atoms with Crippen LogP contribution in [-0.2, 0) is 16.9 Å². The Morgan fingerprint density at radius 3 is 2.78 bits per heavy atom. The lowest BCUT2D eigenvalue weighted by atomic mass is 10.0.